The van der Waals surface area contributed by atoms with Gasteiger partial charge in [-0.2, -0.15) is 13.2 Å². The second-order valence-corrected chi connectivity index (χ2v) is 10.5. The number of halogens is 3. The maximum atomic E-state index is 13.7. The van der Waals surface area contributed by atoms with Crippen molar-refractivity contribution in [1.82, 2.24) is 10.3 Å². The molecule has 1 fully saturated rings. The maximum Gasteiger partial charge on any atom is 0.412 e. The van der Waals surface area contributed by atoms with Gasteiger partial charge in [-0.05, 0) is 50.1 Å². The van der Waals surface area contributed by atoms with Crippen LogP contribution in [0.4, 0.5) is 24.0 Å². The lowest BCUT2D eigenvalue weighted by Crippen LogP contribution is -2.56. The molecule has 1 aliphatic rings. The van der Waals surface area contributed by atoms with Gasteiger partial charge in [0.2, 0.25) is 0 Å². The van der Waals surface area contributed by atoms with Gasteiger partial charge >= 0.3 is 6.18 Å². The Bertz CT molecular complexity index is 1460. The van der Waals surface area contributed by atoms with Crippen LogP contribution in [0.5, 0.6) is 11.5 Å². The Morgan fingerprint density at radius 2 is 1.90 bits per heavy atom. The molecule has 220 valence electrons. The van der Waals surface area contributed by atoms with Crippen molar-refractivity contribution in [2.24, 2.45) is 0 Å². The number of nitrogens with one attached hydrogen (secondary N) is 2. The maximum absolute atomic E-state index is 13.7. The molecule has 9 nitrogen and oxygen atoms in total. The molecule has 0 saturated carbocycles. The minimum absolute atomic E-state index is 0.0169. The van der Waals surface area contributed by atoms with E-state index in [2.05, 4.69) is 29.0 Å². The average molecular weight is 593 g/mol. The monoisotopic (exact) mass is 592 g/mol. The van der Waals surface area contributed by atoms with Crippen LogP contribution in [0.1, 0.15) is 40.5 Å². The van der Waals surface area contributed by atoms with Gasteiger partial charge < -0.3 is 29.7 Å². The van der Waals surface area contributed by atoms with Crippen LogP contribution in [0.2, 0.25) is 0 Å². The van der Waals surface area contributed by atoms with E-state index in [1.807, 2.05) is 0 Å². The molecule has 3 aromatic rings. The number of alkyl halides is 3. The Morgan fingerprint density at radius 1 is 1.15 bits per heavy atom. The summed E-state index contributed by atoms with van der Waals surface area (Å²) in [6.07, 6.45) is -4.06. The SMILES string of the molecule is C=C(CCNC(=O)c1cc(OC)ccc1NC(=O)c1c(OC)ccc2nc(N3C(C)CC3COC)sc12)C(F)(F)F. The summed E-state index contributed by atoms with van der Waals surface area (Å²) in [5.41, 5.74) is 0.0615. The van der Waals surface area contributed by atoms with E-state index in [0.717, 1.165) is 11.6 Å². The minimum Gasteiger partial charge on any atom is -0.497 e. The smallest absolute Gasteiger partial charge is 0.412 e. The van der Waals surface area contributed by atoms with Gasteiger partial charge in [-0.25, -0.2) is 4.98 Å². The molecule has 2 heterocycles. The first kappa shape index (κ1) is 30.1. The third-order valence-electron chi connectivity index (χ3n) is 6.85. The van der Waals surface area contributed by atoms with Gasteiger partial charge in [-0.3, -0.25) is 9.59 Å². The van der Waals surface area contributed by atoms with E-state index in [1.165, 1.54) is 37.7 Å². The molecule has 1 aromatic heterocycles. The Hall–Kier alpha value is -3.84. The second kappa shape index (κ2) is 12.4. The van der Waals surface area contributed by atoms with Gasteiger partial charge in [0, 0.05) is 25.3 Å². The van der Waals surface area contributed by atoms with Crippen LogP contribution >= 0.6 is 11.3 Å². The first-order chi connectivity index (χ1) is 19.5. The van der Waals surface area contributed by atoms with E-state index in [1.54, 1.807) is 25.3 Å². The Morgan fingerprint density at radius 3 is 2.54 bits per heavy atom. The van der Waals surface area contributed by atoms with Crippen molar-refractivity contribution in [1.29, 1.82) is 0 Å². The summed E-state index contributed by atoms with van der Waals surface area (Å²) in [7, 11) is 4.51. The molecule has 4 rings (SSSR count). The zero-order chi connectivity index (χ0) is 29.9. The van der Waals surface area contributed by atoms with Crippen LogP contribution in [-0.4, -0.2) is 69.5 Å². The van der Waals surface area contributed by atoms with Crippen molar-refractivity contribution in [3.8, 4) is 11.5 Å². The summed E-state index contributed by atoms with van der Waals surface area (Å²) in [4.78, 5) is 33.6. The molecule has 1 aliphatic heterocycles. The summed E-state index contributed by atoms with van der Waals surface area (Å²) in [5.74, 6) is -0.581. The number of carbonyl (C=O) groups excluding carboxylic acids is 2. The number of aromatic nitrogens is 1. The fraction of sp³-hybridized carbons (Fsp3) is 0.393. The van der Waals surface area contributed by atoms with Crippen LogP contribution in [0.15, 0.2) is 42.5 Å². The number of fused-ring (bicyclic) bond motifs is 1. The number of carbonyl (C=O) groups is 2. The van der Waals surface area contributed by atoms with Crippen LogP contribution in [-0.2, 0) is 4.74 Å². The number of thiazole rings is 1. The van der Waals surface area contributed by atoms with Crippen LogP contribution in [0.25, 0.3) is 10.2 Å². The summed E-state index contributed by atoms with van der Waals surface area (Å²) >= 11 is 1.36. The van der Waals surface area contributed by atoms with Gasteiger partial charge in [0.15, 0.2) is 5.13 Å². The highest BCUT2D eigenvalue weighted by Crippen LogP contribution is 2.41. The van der Waals surface area contributed by atoms with E-state index in [0.29, 0.717) is 28.3 Å². The van der Waals surface area contributed by atoms with Crippen molar-refractivity contribution < 1.29 is 37.0 Å². The lowest BCUT2D eigenvalue weighted by molar-refractivity contribution is -0.0934. The molecule has 2 unspecified atom stereocenters. The molecule has 0 radical (unpaired) electrons. The predicted octanol–water partition coefficient (Wildman–Crippen LogP) is 5.42. The summed E-state index contributed by atoms with van der Waals surface area (Å²) in [5, 5.41) is 5.97. The molecular formula is C28H31F3N4O5S. The van der Waals surface area contributed by atoms with Gasteiger partial charge in [0.05, 0.1) is 48.3 Å². The van der Waals surface area contributed by atoms with Gasteiger partial charge in [-0.1, -0.05) is 17.9 Å². The lowest BCUT2D eigenvalue weighted by atomic mass is 9.96. The number of amides is 2. The van der Waals surface area contributed by atoms with E-state index in [4.69, 9.17) is 19.2 Å². The lowest BCUT2D eigenvalue weighted by Gasteiger charge is -2.46. The van der Waals surface area contributed by atoms with Crippen molar-refractivity contribution in [2.45, 2.75) is 38.0 Å². The number of anilines is 2. The summed E-state index contributed by atoms with van der Waals surface area (Å²) < 4.78 is 55.0. The summed E-state index contributed by atoms with van der Waals surface area (Å²) in [6.45, 7) is 5.38. The molecule has 1 saturated heterocycles. The standard InChI is InChI=1S/C28H31F3N4O5S/c1-15(28(29,30)31)10-11-32-25(36)19-13-18(39-4)6-7-20(19)33-26(37)23-22(40-5)9-8-21-24(23)41-27(34-21)35-16(2)12-17(35)14-38-3/h6-9,13,16-17H,1,10-12,14H2,2-5H3,(H,32,36)(H,33,37). The fourth-order valence-corrected chi connectivity index (χ4v) is 5.96. The zero-order valence-corrected chi connectivity index (χ0v) is 23.9. The Labute approximate surface area is 239 Å². The number of hydrogen-bond donors (Lipinski definition) is 2. The Kier molecular flexibility index (Phi) is 9.08. The fourth-order valence-electron chi connectivity index (χ4n) is 4.68. The minimum atomic E-state index is -4.55. The largest absolute Gasteiger partial charge is 0.497 e. The van der Waals surface area contributed by atoms with Crippen molar-refractivity contribution in [2.75, 3.05) is 44.7 Å². The molecule has 2 N–H and O–H groups in total. The number of benzene rings is 2. The third kappa shape index (κ3) is 6.41. The average Bonchev–Trinajstić information content (AvgIpc) is 3.34. The number of nitrogens with zero attached hydrogens (tertiary/aromatic N) is 2. The number of ether oxygens (including phenoxy) is 3. The van der Waals surface area contributed by atoms with Crippen LogP contribution in [0.3, 0.4) is 0 Å². The number of methoxy groups -OCH3 is 3. The van der Waals surface area contributed by atoms with E-state index in [9.17, 15) is 22.8 Å². The molecular weight excluding hydrogens is 561 g/mol. The molecule has 2 aromatic carbocycles. The number of hydrogen-bond acceptors (Lipinski definition) is 8. The van der Waals surface area contributed by atoms with Crippen LogP contribution in [0, 0.1) is 0 Å². The quantitative estimate of drug-likeness (QED) is 0.287. The van der Waals surface area contributed by atoms with Gasteiger partial charge in [0.1, 0.15) is 17.1 Å². The molecule has 0 aliphatic carbocycles. The van der Waals surface area contributed by atoms with Crippen molar-refractivity contribution >= 4 is 44.2 Å². The topological polar surface area (TPSA) is 102 Å². The zero-order valence-electron chi connectivity index (χ0n) is 23.1. The van der Waals surface area contributed by atoms with Gasteiger partial charge in [-0.15, -0.1) is 0 Å². The Balaban J connectivity index is 1.62. The molecule has 41 heavy (non-hydrogen) atoms. The van der Waals surface area contributed by atoms with E-state index >= 15 is 0 Å². The molecule has 2 amide bonds. The molecule has 0 spiro atoms. The summed E-state index contributed by atoms with van der Waals surface area (Å²) in [6, 6.07) is 8.33. The molecule has 13 heteroatoms. The number of rotatable bonds is 11. The first-order valence-electron chi connectivity index (χ1n) is 12.8. The third-order valence-corrected chi connectivity index (χ3v) is 7.95. The highest BCUT2D eigenvalue weighted by atomic mass is 32.1. The van der Waals surface area contributed by atoms with Crippen molar-refractivity contribution in [3.05, 3.63) is 53.6 Å². The van der Waals surface area contributed by atoms with Gasteiger partial charge in [0.25, 0.3) is 11.8 Å². The highest BCUT2D eigenvalue weighted by molar-refractivity contribution is 7.22. The van der Waals surface area contributed by atoms with Crippen molar-refractivity contribution in [3.63, 3.8) is 0 Å². The van der Waals surface area contributed by atoms with Crippen LogP contribution < -0.4 is 25.0 Å². The van der Waals surface area contributed by atoms with E-state index < -0.39 is 30.0 Å². The highest BCUT2D eigenvalue weighted by Gasteiger charge is 2.37. The second-order valence-electron chi connectivity index (χ2n) is 9.56. The molecule has 2 atom stereocenters. The predicted molar refractivity (Wildman–Crippen MR) is 151 cm³/mol. The normalized spacial score (nSPS) is 16.7. The first-order valence-corrected chi connectivity index (χ1v) is 13.6. The molecule has 0 bridgehead atoms. The van der Waals surface area contributed by atoms with E-state index in [-0.39, 0.29) is 35.4 Å².